The molecule has 3 rings (SSSR count). The summed E-state index contributed by atoms with van der Waals surface area (Å²) in [5.74, 6) is 0.0539. The minimum absolute atomic E-state index is 0.0426. The highest BCUT2D eigenvalue weighted by molar-refractivity contribution is 6.05. The highest BCUT2D eigenvalue weighted by Crippen LogP contribution is 2.29. The quantitative estimate of drug-likeness (QED) is 0.141. The molecule has 0 heterocycles. The lowest BCUT2D eigenvalue weighted by Crippen LogP contribution is -2.37. The number of anilines is 3. The third kappa shape index (κ3) is 10.8. The third-order valence-electron chi connectivity index (χ3n) is 7.94. The fraction of sp³-hybridized carbons (Fsp3) is 0.389. The van der Waals surface area contributed by atoms with Crippen LogP contribution < -0.4 is 30.9 Å². The van der Waals surface area contributed by atoms with Gasteiger partial charge in [0.05, 0.1) is 5.56 Å². The van der Waals surface area contributed by atoms with E-state index in [-0.39, 0.29) is 35.4 Å². The van der Waals surface area contributed by atoms with E-state index in [2.05, 4.69) is 40.0 Å². The normalized spacial score (nSPS) is 10.8. The van der Waals surface area contributed by atoms with Crippen LogP contribution in [0.25, 0.3) is 0 Å². The summed E-state index contributed by atoms with van der Waals surface area (Å²) in [6, 6.07) is 18.3. The molecule has 0 unspecified atom stereocenters. The van der Waals surface area contributed by atoms with E-state index in [9.17, 15) is 19.2 Å². The molecule has 11 heteroatoms. The van der Waals surface area contributed by atoms with Crippen molar-refractivity contribution in [3.8, 4) is 11.5 Å². The van der Waals surface area contributed by atoms with E-state index < -0.39 is 0 Å². The van der Waals surface area contributed by atoms with E-state index in [1.807, 2.05) is 13.8 Å². The first-order valence-electron chi connectivity index (χ1n) is 16.3. The van der Waals surface area contributed by atoms with Crippen LogP contribution in [0.4, 0.5) is 21.9 Å². The lowest BCUT2D eigenvalue weighted by molar-refractivity contribution is -0.116. The van der Waals surface area contributed by atoms with Crippen LogP contribution in [0.2, 0.25) is 0 Å². The molecule has 3 aromatic rings. The average molecular weight is 645 g/mol. The molecule has 11 nitrogen and oxygen atoms in total. The smallest absolute Gasteiger partial charge is 0.319 e. The first kappa shape index (κ1) is 36.6. The van der Waals surface area contributed by atoms with Crippen molar-refractivity contribution in [1.29, 1.82) is 0 Å². The van der Waals surface area contributed by atoms with E-state index in [0.717, 1.165) is 44.6 Å². The highest BCUT2D eigenvalue weighted by atomic mass is 16.5. The van der Waals surface area contributed by atoms with Crippen molar-refractivity contribution in [1.82, 2.24) is 15.5 Å². The SMILES string of the molecule is CCC(CC)NC(=O)Nc1ccc(Oc2ccc(NC(=O)c3ccc(N(CCCN(CC)CC)C(C)=O)cc3)cc2)c(C(=O)NC)c1. The molecular formula is C36H48N6O5. The summed E-state index contributed by atoms with van der Waals surface area (Å²) >= 11 is 0. The van der Waals surface area contributed by atoms with Crippen molar-refractivity contribution >= 4 is 40.8 Å². The zero-order valence-corrected chi connectivity index (χ0v) is 28.3. The number of carbonyl (C=O) groups is 4. The van der Waals surface area contributed by atoms with Gasteiger partial charge in [-0.25, -0.2) is 4.79 Å². The molecule has 252 valence electrons. The number of amides is 5. The van der Waals surface area contributed by atoms with Crippen molar-refractivity contribution in [2.45, 2.75) is 59.9 Å². The largest absolute Gasteiger partial charge is 0.457 e. The van der Waals surface area contributed by atoms with Crippen molar-refractivity contribution in [3.05, 3.63) is 77.9 Å². The van der Waals surface area contributed by atoms with Crippen LogP contribution in [0, 0.1) is 0 Å². The van der Waals surface area contributed by atoms with Crippen LogP contribution in [0.1, 0.15) is 74.6 Å². The second-order valence-electron chi connectivity index (χ2n) is 11.1. The second-order valence-corrected chi connectivity index (χ2v) is 11.1. The van der Waals surface area contributed by atoms with Gasteiger partial charge in [0.2, 0.25) is 5.91 Å². The van der Waals surface area contributed by atoms with Gasteiger partial charge < -0.3 is 35.8 Å². The number of ether oxygens (including phenoxy) is 1. The van der Waals surface area contributed by atoms with Gasteiger partial charge in [0.15, 0.2) is 0 Å². The van der Waals surface area contributed by atoms with Gasteiger partial charge in [0.1, 0.15) is 11.5 Å². The van der Waals surface area contributed by atoms with E-state index in [0.29, 0.717) is 35.0 Å². The van der Waals surface area contributed by atoms with Gasteiger partial charge in [-0.05, 0) is 106 Å². The molecule has 0 aromatic heterocycles. The number of urea groups is 1. The summed E-state index contributed by atoms with van der Waals surface area (Å²) in [6.07, 6.45) is 2.49. The molecule has 0 aliphatic heterocycles. The molecule has 0 aliphatic rings. The molecule has 0 radical (unpaired) electrons. The Kier molecular flexibility index (Phi) is 14.2. The summed E-state index contributed by atoms with van der Waals surface area (Å²) in [5.41, 5.74) is 2.47. The Hall–Kier alpha value is -4.90. The lowest BCUT2D eigenvalue weighted by Gasteiger charge is -2.24. The minimum Gasteiger partial charge on any atom is -0.457 e. The molecule has 0 atom stereocenters. The van der Waals surface area contributed by atoms with E-state index in [1.165, 1.54) is 7.05 Å². The summed E-state index contributed by atoms with van der Waals surface area (Å²) in [7, 11) is 1.52. The van der Waals surface area contributed by atoms with Crippen molar-refractivity contribution < 1.29 is 23.9 Å². The molecule has 0 saturated carbocycles. The lowest BCUT2D eigenvalue weighted by atomic mass is 10.1. The van der Waals surface area contributed by atoms with E-state index in [4.69, 9.17) is 4.74 Å². The highest BCUT2D eigenvalue weighted by Gasteiger charge is 2.17. The van der Waals surface area contributed by atoms with E-state index in [1.54, 1.807) is 78.6 Å². The van der Waals surface area contributed by atoms with Gasteiger partial charge in [-0.3, -0.25) is 14.4 Å². The predicted octanol–water partition coefficient (Wildman–Crippen LogP) is 6.49. The molecule has 3 aromatic carbocycles. The number of nitrogens with zero attached hydrogens (tertiary/aromatic N) is 2. The molecule has 0 saturated heterocycles. The summed E-state index contributed by atoms with van der Waals surface area (Å²) < 4.78 is 6.01. The molecular weight excluding hydrogens is 596 g/mol. The molecule has 5 amide bonds. The minimum atomic E-state index is -0.370. The number of hydrogen-bond acceptors (Lipinski definition) is 6. The fourth-order valence-corrected chi connectivity index (χ4v) is 5.04. The fourth-order valence-electron chi connectivity index (χ4n) is 5.04. The second kappa shape index (κ2) is 18.3. The molecule has 0 fully saturated rings. The Labute approximate surface area is 278 Å². The molecule has 47 heavy (non-hydrogen) atoms. The van der Waals surface area contributed by atoms with Gasteiger partial charge in [-0.2, -0.15) is 0 Å². The average Bonchev–Trinajstić information content (AvgIpc) is 3.08. The van der Waals surface area contributed by atoms with Gasteiger partial charge in [0, 0.05) is 49.2 Å². The van der Waals surface area contributed by atoms with Crippen LogP contribution in [0.3, 0.4) is 0 Å². The summed E-state index contributed by atoms with van der Waals surface area (Å²) in [6.45, 7) is 13.3. The Bertz CT molecular complexity index is 1480. The van der Waals surface area contributed by atoms with Gasteiger partial charge in [-0.15, -0.1) is 0 Å². The summed E-state index contributed by atoms with van der Waals surface area (Å²) in [4.78, 5) is 54.4. The van der Waals surface area contributed by atoms with Crippen LogP contribution in [0.5, 0.6) is 11.5 Å². The Morgan fingerprint density at radius 1 is 0.766 bits per heavy atom. The number of rotatable bonds is 16. The predicted molar refractivity (Wildman–Crippen MR) is 188 cm³/mol. The maximum absolute atomic E-state index is 13.0. The van der Waals surface area contributed by atoms with Gasteiger partial charge in [-0.1, -0.05) is 27.7 Å². The van der Waals surface area contributed by atoms with Gasteiger partial charge >= 0.3 is 6.03 Å². The zero-order valence-electron chi connectivity index (χ0n) is 28.3. The van der Waals surface area contributed by atoms with Crippen molar-refractivity contribution in [2.75, 3.05) is 48.8 Å². The third-order valence-corrected chi connectivity index (χ3v) is 7.94. The molecule has 0 aliphatic carbocycles. The maximum Gasteiger partial charge on any atom is 0.319 e. The number of nitrogens with one attached hydrogen (secondary N) is 4. The Morgan fingerprint density at radius 3 is 1.98 bits per heavy atom. The molecule has 0 bridgehead atoms. The number of hydrogen-bond donors (Lipinski definition) is 4. The zero-order chi connectivity index (χ0) is 34.3. The first-order valence-corrected chi connectivity index (χ1v) is 16.3. The van der Waals surface area contributed by atoms with Crippen LogP contribution in [-0.4, -0.2) is 67.9 Å². The summed E-state index contributed by atoms with van der Waals surface area (Å²) in [5, 5.41) is 11.2. The van der Waals surface area contributed by atoms with Crippen molar-refractivity contribution in [2.24, 2.45) is 0 Å². The van der Waals surface area contributed by atoms with E-state index >= 15 is 0 Å². The standard InChI is InChI=1S/C36H48N6O5/c1-7-27(8-2)39-36(46)40-29-16-21-33(32(24-29)35(45)37-6)47-31-19-14-28(15-20-31)38-34(44)26-12-17-30(18-13-26)42(25(5)43)23-11-22-41(9-3)10-4/h12-21,24,27H,7-11,22-23H2,1-6H3,(H,37,45)(H,38,44)(H2,39,40,46). The first-order chi connectivity index (χ1) is 22.6. The van der Waals surface area contributed by atoms with Gasteiger partial charge in [0.25, 0.3) is 11.8 Å². The molecule has 0 spiro atoms. The topological polar surface area (TPSA) is 132 Å². The number of benzene rings is 3. The van der Waals surface area contributed by atoms with Crippen LogP contribution in [0.15, 0.2) is 66.7 Å². The van der Waals surface area contributed by atoms with Crippen LogP contribution in [-0.2, 0) is 4.79 Å². The maximum atomic E-state index is 13.0. The van der Waals surface area contributed by atoms with Crippen LogP contribution >= 0.6 is 0 Å². The Balaban J connectivity index is 1.64. The number of carbonyl (C=O) groups excluding carboxylic acids is 4. The monoisotopic (exact) mass is 644 g/mol. The van der Waals surface area contributed by atoms with Crippen molar-refractivity contribution in [3.63, 3.8) is 0 Å². The Morgan fingerprint density at radius 2 is 1.40 bits per heavy atom. The molecule has 4 N–H and O–H groups in total.